The van der Waals surface area contributed by atoms with E-state index in [0.717, 1.165) is 17.4 Å². The van der Waals surface area contributed by atoms with Crippen LogP contribution in [0.4, 0.5) is 0 Å². The van der Waals surface area contributed by atoms with Crippen LogP contribution >= 0.6 is 27.5 Å². The summed E-state index contributed by atoms with van der Waals surface area (Å²) in [5.41, 5.74) is 0.508. The van der Waals surface area contributed by atoms with Crippen LogP contribution in [0.25, 0.3) is 0 Å². The molecule has 0 bridgehead atoms. The molecular formula is C14H20BrClN2O. The second-order valence-corrected chi connectivity index (χ2v) is 6.02. The Balaban J connectivity index is 2.42. The zero-order valence-electron chi connectivity index (χ0n) is 11.5. The Labute approximate surface area is 128 Å². The summed E-state index contributed by atoms with van der Waals surface area (Å²) >= 11 is 9.39. The van der Waals surface area contributed by atoms with E-state index in [2.05, 4.69) is 47.0 Å². The van der Waals surface area contributed by atoms with Gasteiger partial charge < -0.3 is 10.2 Å². The second kappa shape index (κ2) is 7.88. The molecule has 19 heavy (non-hydrogen) atoms. The fourth-order valence-corrected chi connectivity index (χ4v) is 2.14. The van der Waals surface area contributed by atoms with E-state index < -0.39 is 0 Å². The van der Waals surface area contributed by atoms with E-state index in [9.17, 15) is 4.79 Å². The molecule has 5 heteroatoms. The lowest BCUT2D eigenvalue weighted by Crippen LogP contribution is -2.31. The zero-order chi connectivity index (χ0) is 14.4. The standard InChI is InChI=1S/C14H20BrClN2O/c1-10(2)18(3)9-5-8-17-14(19)11-6-4-7-12(15)13(11)16/h4,6-7,10H,5,8-9H2,1-3H3,(H,17,19). The van der Waals surface area contributed by atoms with Crippen molar-refractivity contribution in [3.05, 3.63) is 33.3 Å². The number of halogens is 2. The van der Waals surface area contributed by atoms with Gasteiger partial charge in [0.15, 0.2) is 0 Å². The van der Waals surface area contributed by atoms with Gasteiger partial charge in [-0.25, -0.2) is 0 Å². The number of nitrogens with one attached hydrogen (secondary N) is 1. The summed E-state index contributed by atoms with van der Waals surface area (Å²) in [5.74, 6) is -0.126. The summed E-state index contributed by atoms with van der Waals surface area (Å²) in [6.07, 6.45) is 0.923. The van der Waals surface area contributed by atoms with Crippen molar-refractivity contribution in [1.29, 1.82) is 0 Å². The molecule has 0 unspecified atom stereocenters. The van der Waals surface area contributed by atoms with Crippen molar-refractivity contribution in [1.82, 2.24) is 10.2 Å². The highest BCUT2D eigenvalue weighted by molar-refractivity contribution is 9.10. The summed E-state index contributed by atoms with van der Waals surface area (Å²) in [5, 5.41) is 3.35. The third-order valence-corrected chi connectivity index (χ3v) is 4.35. The molecule has 0 saturated heterocycles. The predicted octanol–water partition coefficient (Wildman–Crippen LogP) is 3.56. The highest BCUT2D eigenvalue weighted by atomic mass is 79.9. The summed E-state index contributed by atoms with van der Waals surface area (Å²) in [7, 11) is 2.08. The summed E-state index contributed by atoms with van der Waals surface area (Å²) in [6.45, 7) is 5.92. The van der Waals surface area contributed by atoms with Crippen LogP contribution in [0.2, 0.25) is 5.02 Å². The quantitative estimate of drug-likeness (QED) is 0.798. The number of benzene rings is 1. The van der Waals surface area contributed by atoms with E-state index in [1.54, 1.807) is 12.1 Å². The number of carbonyl (C=O) groups excluding carboxylic acids is 1. The van der Waals surface area contributed by atoms with Crippen molar-refractivity contribution < 1.29 is 4.79 Å². The number of carbonyl (C=O) groups is 1. The molecule has 0 aliphatic heterocycles. The first kappa shape index (κ1) is 16.5. The van der Waals surface area contributed by atoms with Gasteiger partial charge in [-0.1, -0.05) is 17.7 Å². The van der Waals surface area contributed by atoms with Crippen LogP contribution in [0.15, 0.2) is 22.7 Å². The van der Waals surface area contributed by atoms with Crippen LogP contribution < -0.4 is 5.32 Å². The van der Waals surface area contributed by atoms with Gasteiger partial charge in [-0.3, -0.25) is 4.79 Å². The van der Waals surface area contributed by atoms with E-state index in [0.29, 0.717) is 23.2 Å². The van der Waals surface area contributed by atoms with Crippen LogP contribution in [0, 0.1) is 0 Å². The summed E-state index contributed by atoms with van der Waals surface area (Å²) in [4.78, 5) is 14.2. The van der Waals surface area contributed by atoms with E-state index in [1.807, 2.05) is 6.07 Å². The number of rotatable bonds is 6. The lowest BCUT2D eigenvalue weighted by atomic mass is 10.2. The predicted molar refractivity (Wildman–Crippen MR) is 83.9 cm³/mol. The molecule has 0 aromatic heterocycles. The van der Waals surface area contributed by atoms with Crippen LogP contribution in [0.5, 0.6) is 0 Å². The normalized spacial score (nSPS) is 11.1. The summed E-state index contributed by atoms with van der Waals surface area (Å²) in [6, 6.07) is 5.87. The van der Waals surface area contributed by atoms with Crippen LogP contribution in [0.1, 0.15) is 30.6 Å². The number of amides is 1. The minimum Gasteiger partial charge on any atom is -0.352 e. The molecule has 1 aromatic rings. The molecule has 0 fully saturated rings. The second-order valence-electron chi connectivity index (χ2n) is 4.79. The van der Waals surface area contributed by atoms with Crippen LogP contribution in [-0.2, 0) is 0 Å². The maximum atomic E-state index is 12.0. The lowest BCUT2D eigenvalue weighted by molar-refractivity contribution is 0.0951. The average Bonchev–Trinajstić information content (AvgIpc) is 2.37. The minimum atomic E-state index is -0.126. The Morgan fingerprint density at radius 1 is 1.47 bits per heavy atom. The largest absolute Gasteiger partial charge is 0.352 e. The third-order valence-electron chi connectivity index (χ3n) is 3.05. The van der Waals surface area contributed by atoms with Crippen molar-refractivity contribution in [2.24, 2.45) is 0 Å². The Bertz CT molecular complexity index is 437. The molecule has 0 saturated carbocycles. The maximum absolute atomic E-state index is 12.0. The SMILES string of the molecule is CC(C)N(C)CCCNC(=O)c1cccc(Br)c1Cl. The molecule has 0 aliphatic rings. The van der Waals surface area contributed by atoms with Gasteiger partial charge in [0.2, 0.25) is 0 Å². The van der Waals surface area contributed by atoms with Crippen molar-refractivity contribution >= 4 is 33.4 Å². The molecule has 1 amide bonds. The van der Waals surface area contributed by atoms with Crippen molar-refractivity contribution in [3.8, 4) is 0 Å². The Hall–Kier alpha value is -0.580. The van der Waals surface area contributed by atoms with Gasteiger partial charge in [-0.15, -0.1) is 0 Å². The number of nitrogens with zero attached hydrogens (tertiary/aromatic N) is 1. The Morgan fingerprint density at radius 3 is 2.79 bits per heavy atom. The highest BCUT2D eigenvalue weighted by Gasteiger charge is 2.11. The van der Waals surface area contributed by atoms with Gasteiger partial charge >= 0.3 is 0 Å². The first-order valence-electron chi connectivity index (χ1n) is 6.36. The van der Waals surface area contributed by atoms with Gasteiger partial charge in [0.1, 0.15) is 0 Å². The zero-order valence-corrected chi connectivity index (χ0v) is 13.9. The topological polar surface area (TPSA) is 32.3 Å². The molecule has 0 radical (unpaired) electrons. The van der Waals surface area contributed by atoms with E-state index >= 15 is 0 Å². The highest BCUT2D eigenvalue weighted by Crippen LogP contribution is 2.25. The van der Waals surface area contributed by atoms with Crippen molar-refractivity contribution in [2.75, 3.05) is 20.1 Å². The van der Waals surface area contributed by atoms with E-state index in [4.69, 9.17) is 11.6 Å². The average molecular weight is 348 g/mol. The van der Waals surface area contributed by atoms with Crippen molar-refractivity contribution in [3.63, 3.8) is 0 Å². The summed E-state index contributed by atoms with van der Waals surface area (Å²) < 4.78 is 0.737. The first-order valence-corrected chi connectivity index (χ1v) is 7.53. The smallest absolute Gasteiger partial charge is 0.252 e. The number of hydrogen-bond donors (Lipinski definition) is 1. The fourth-order valence-electron chi connectivity index (χ4n) is 1.56. The monoisotopic (exact) mass is 346 g/mol. The maximum Gasteiger partial charge on any atom is 0.252 e. The molecule has 0 aliphatic carbocycles. The Morgan fingerprint density at radius 2 is 2.16 bits per heavy atom. The van der Waals surface area contributed by atoms with Gasteiger partial charge in [0, 0.05) is 17.1 Å². The molecule has 3 nitrogen and oxygen atoms in total. The molecule has 106 valence electrons. The van der Waals surface area contributed by atoms with Crippen molar-refractivity contribution in [2.45, 2.75) is 26.3 Å². The lowest BCUT2D eigenvalue weighted by Gasteiger charge is -2.20. The third kappa shape index (κ3) is 5.13. The Kier molecular flexibility index (Phi) is 6.83. The minimum absolute atomic E-state index is 0.126. The van der Waals surface area contributed by atoms with Gasteiger partial charge in [0.25, 0.3) is 5.91 Å². The van der Waals surface area contributed by atoms with Crippen LogP contribution in [-0.4, -0.2) is 37.0 Å². The van der Waals surface area contributed by atoms with Crippen LogP contribution in [0.3, 0.4) is 0 Å². The fraction of sp³-hybridized carbons (Fsp3) is 0.500. The first-order chi connectivity index (χ1) is 8.93. The molecule has 0 spiro atoms. The molecule has 0 atom stereocenters. The molecule has 1 aromatic carbocycles. The number of hydrogen-bond acceptors (Lipinski definition) is 2. The van der Waals surface area contributed by atoms with Gasteiger partial charge in [-0.2, -0.15) is 0 Å². The van der Waals surface area contributed by atoms with E-state index in [1.165, 1.54) is 0 Å². The van der Waals surface area contributed by atoms with Gasteiger partial charge in [-0.05, 0) is 61.9 Å². The molecular weight excluding hydrogens is 328 g/mol. The molecule has 1 rings (SSSR count). The van der Waals surface area contributed by atoms with E-state index in [-0.39, 0.29) is 5.91 Å². The molecule has 1 N–H and O–H groups in total. The van der Waals surface area contributed by atoms with Gasteiger partial charge in [0.05, 0.1) is 10.6 Å². The molecule has 0 heterocycles.